The Morgan fingerprint density at radius 3 is 2.89 bits per heavy atom. The summed E-state index contributed by atoms with van der Waals surface area (Å²) >= 11 is 1.34. The van der Waals surface area contributed by atoms with Crippen LogP contribution < -0.4 is 9.47 Å². The van der Waals surface area contributed by atoms with Gasteiger partial charge in [0, 0.05) is 32.1 Å². The average molecular weight is 387 g/mol. The van der Waals surface area contributed by atoms with Crippen molar-refractivity contribution >= 4 is 27.5 Å². The van der Waals surface area contributed by atoms with Crippen LogP contribution in [0.4, 0.5) is 4.39 Å². The van der Waals surface area contributed by atoms with Gasteiger partial charge in [-0.1, -0.05) is 11.3 Å². The number of carbonyl (C=O) groups excluding carboxylic acids is 1. The Morgan fingerprint density at radius 2 is 2.11 bits per heavy atom. The molecule has 2 aromatic heterocycles. The van der Waals surface area contributed by atoms with E-state index < -0.39 is 0 Å². The largest absolute Gasteiger partial charge is 0.480 e. The summed E-state index contributed by atoms with van der Waals surface area (Å²) in [6, 6.07) is 7.94. The number of rotatable bonds is 4. The molecule has 3 aromatic rings. The summed E-state index contributed by atoms with van der Waals surface area (Å²) in [5.41, 5.74) is 1.19. The second kappa shape index (κ2) is 7.48. The number of nitrogens with zero attached hydrogens (tertiary/aromatic N) is 3. The molecule has 6 nitrogen and oxygen atoms in total. The fourth-order valence-corrected chi connectivity index (χ4v) is 4.04. The summed E-state index contributed by atoms with van der Waals surface area (Å²) in [6.07, 6.45) is 2.99. The van der Waals surface area contributed by atoms with Gasteiger partial charge in [0.1, 0.15) is 17.5 Å². The molecule has 27 heavy (non-hydrogen) atoms. The summed E-state index contributed by atoms with van der Waals surface area (Å²) in [5, 5.41) is 0.536. The maximum Gasteiger partial charge on any atom is 0.274 e. The number of piperidine rings is 1. The number of likely N-dealkylation sites (tertiary alicyclic amines) is 1. The fourth-order valence-electron chi connectivity index (χ4n) is 3.13. The van der Waals surface area contributed by atoms with E-state index in [0.717, 1.165) is 10.2 Å². The monoisotopic (exact) mass is 387 g/mol. The first-order chi connectivity index (χ1) is 13.1. The minimum absolute atomic E-state index is 0.0183. The summed E-state index contributed by atoms with van der Waals surface area (Å²) in [4.78, 5) is 23.0. The first-order valence-corrected chi connectivity index (χ1v) is 9.47. The minimum atomic E-state index is -0.282. The number of aromatic nitrogens is 2. The van der Waals surface area contributed by atoms with Crippen molar-refractivity contribution in [3.63, 3.8) is 0 Å². The molecule has 4 rings (SSSR count). The van der Waals surface area contributed by atoms with Crippen molar-refractivity contribution in [2.45, 2.75) is 18.9 Å². The van der Waals surface area contributed by atoms with Crippen LogP contribution in [0.5, 0.6) is 11.1 Å². The predicted octanol–water partition coefficient (Wildman–Crippen LogP) is 3.52. The van der Waals surface area contributed by atoms with Crippen molar-refractivity contribution in [2.75, 3.05) is 20.2 Å². The molecule has 0 atom stereocenters. The Balaban J connectivity index is 1.39. The first kappa shape index (κ1) is 17.7. The first-order valence-electron chi connectivity index (χ1n) is 8.65. The van der Waals surface area contributed by atoms with E-state index in [4.69, 9.17) is 9.47 Å². The Labute approximate surface area is 159 Å². The molecule has 1 aromatic carbocycles. The minimum Gasteiger partial charge on any atom is -0.480 e. The molecule has 1 fully saturated rings. The second-order valence-electron chi connectivity index (χ2n) is 6.26. The van der Waals surface area contributed by atoms with Gasteiger partial charge in [-0.2, -0.15) is 0 Å². The highest BCUT2D eigenvalue weighted by molar-refractivity contribution is 7.20. The van der Waals surface area contributed by atoms with E-state index in [9.17, 15) is 9.18 Å². The standard InChI is InChI=1S/C19H18FN3O3S/c1-25-17-14(3-2-8-21-17)18(24)23-9-6-13(7-10-23)26-19-22-15-5-4-12(20)11-16(15)27-19/h2-5,8,11,13H,6-7,9-10H2,1H3. The van der Waals surface area contributed by atoms with Crippen LogP contribution in [0.3, 0.4) is 0 Å². The summed E-state index contributed by atoms with van der Waals surface area (Å²) in [7, 11) is 1.50. The number of pyridine rings is 1. The number of benzene rings is 1. The van der Waals surface area contributed by atoms with Crippen LogP contribution in [0.1, 0.15) is 23.2 Å². The van der Waals surface area contributed by atoms with Crippen LogP contribution in [-0.2, 0) is 0 Å². The molecule has 0 aliphatic carbocycles. The van der Waals surface area contributed by atoms with Gasteiger partial charge in [0.25, 0.3) is 11.1 Å². The second-order valence-corrected chi connectivity index (χ2v) is 7.25. The van der Waals surface area contributed by atoms with Gasteiger partial charge in [0.15, 0.2) is 0 Å². The van der Waals surface area contributed by atoms with Crippen LogP contribution in [0.25, 0.3) is 10.2 Å². The van der Waals surface area contributed by atoms with Gasteiger partial charge in [0.05, 0.1) is 17.3 Å². The van der Waals surface area contributed by atoms with Crippen molar-refractivity contribution < 1.29 is 18.7 Å². The molecule has 0 saturated carbocycles. The molecule has 1 amide bonds. The lowest BCUT2D eigenvalue weighted by Crippen LogP contribution is -2.41. The van der Waals surface area contributed by atoms with Crippen molar-refractivity contribution in [1.82, 2.24) is 14.9 Å². The van der Waals surface area contributed by atoms with Crippen LogP contribution in [-0.4, -0.2) is 47.1 Å². The normalized spacial score (nSPS) is 15.1. The van der Waals surface area contributed by atoms with Crippen LogP contribution in [0.15, 0.2) is 36.5 Å². The molecule has 140 valence electrons. The zero-order chi connectivity index (χ0) is 18.8. The Hall–Kier alpha value is -2.74. The number of carbonyl (C=O) groups is 1. The van der Waals surface area contributed by atoms with E-state index in [0.29, 0.717) is 42.6 Å². The Kier molecular flexibility index (Phi) is 4.89. The van der Waals surface area contributed by atoms with E-state index in [1.54, 1.807) is 29.3 Å². The molecule has 0 bridgehead atoms. The highest BCUT2D eigenvalue weighted by Crippen LogP contribution is 2.30. The predicted molar refractivity (Wildman–Crippen MR) is 99.9 cm³/mol. The Morgan fingerprint density at radius 1 is 1.30 bits per heavy atom. The topological polar surface area (TPSA) is 64.5 Å². The highest BCUT2D eigenvalue weighted by atomic mass is 32.1. The lowest BCUT2D eigenvalue weighted by molar-refractivity contribution is 0.0592. The van der Waals surface area contributed by atoms with Gasteiger partial charge in [-0.15, -0.1) is 0 Å². The smallest absolute Gasteiger partial charge is 0.274 e. The van der Waals surface area contributed by atoms with E-state index in [1.807, 2.05) is 0 Å². The van der Waals surface area contributed by atoms with E-state index in [1.165, 1.54) is 30.6 Å². The van der Waals surface area contributed by atoms with E-state index >= 15 is 0 Å². The summed E-state index contributed by atoms with van der Waals surface area (Å²) in [5.74, 6) is -0.0354. The number of hydrogen-bond donors (Lipinski definition) is 0. The van der Waals surface area contributed by atoms with Gasteiger partial charge in [-0.3, -0.25) is 4.79 Å². The third kappa shape index (κ3) is 3.71. The molecule has 0 spiro atoms. The molecule has 0 radical (unpaired) electrons. The molecule has 1 aliphatic heterocycles. The summed E-state index contributed by atoms with van der Waals surface area (Å²) < 4.78 is 25.2. The van der Waals surface area contributed by atoms with Gasteiger partial charge in [-0.05, 0) is 30.3 Å². The van der Waals surface area contributed by atoms with E-state index in [2.05, 4.69) is 9.97 Å². The van der Waals surface area contributed by atoms with Crippen molar-refractivity contribution in [1.29, 1.82) is 0 Å². The number of ether oxygens (including phenoxy) is 2. The van der Waals surface area contributed by atoms with E-state index in [-0.39, 0.29) is 17.8 Å². The number of amides is 1. The molecule has 1 aliphatic rings. The van der Waals surface area contributed by atoms with Crippen LogP contribution in [0, 0.1) is 5.82 Å². The number of hydrogen-bond acceptors (Lipinski definition) is 6. The Bertz CT molecular complexity index is 970. The molecule has 0 N–H and O–H groups in total. The molecular formula is C19H18FN3O3S. The van der Waals surface area contributed by atoms with Crippen LogP contribution in [0.2, 0.25) is 0 Å². The fraction of sp³-hybridized carbons (Fsp3) is 0.316. The van der Waals surface area contributed by atoms with Crippen molar-refractivity contribution in [2.24, 2.45) is 0 Å². The molecule has 8 heteroatoms. The molecule has 0 unspecified atom stereocenters. The van der Waals surface area contributed by atoms with Gasteiger partial charge in [0.2, 0.25) is 5.88 Å². The maximum absolute atomic E-state index is 13.3. The third-order valence-electron chi connectivity index (χ3n) is 4.52. The molecule has 1 saturated heterocycles. The number of halogens is 1. The average Bonchev–Trinajstić information content (AvgIpc) is 3.09. The third-order valence-corrected chi connectivity index (χ3v) is 5.43. The zero-order valence-electron chi connectivity index (χ0n) is 14.7. The SMILES string of the molecule is COc1ncccc1C(=O)N1CCC(Oc2nc3ccc(F)cc3s2)CC1. The maximum atomic E-state index is 13.3. The van der Waals surface area contributed by atoms with Gasteiger partial charge < -0.3 is 14.4 Å². The van der Waals surface area contributed by atoms with Crippen LogP contribution >= 0.6 is 11.3 Å². The number of thiazole rings is 1. The molecule has 3 heterocycles. The van der Waals surface area contributed by atoms with Crippen molar-refractivity contribution in [3.8, 4) is 11.1 Å². The van der Waals surface area contributed by atoms with Gasteiger partial charge in [-0.25, -0.2) is 14.4 Å². The zero-order valence-corrected chi connectivity index (χ0v) is 15.5. The lowest BCUT2D eigenvalue weighted by atomic mass is 10.1. The lowest BCUT2D eigenvalue weighted by Gasteiger charge is -2.31. The number of methoxy groups -OCH3 is 1. The number of fused-ring (bicyclic) bond motifs is 1. The highest BCUT2D eigenvalue weighted by Gasteiger charge is 2.27. The summed E-state index contributed by atoms with van der Waals surface area (Å²) in [6.45, 7) is 1.17. The molecular weight excluding hydrogens is 369 g/mol. The van der Waals surface area contributed by atoms with Crippen molar-refractivity contribution in [3.05, 3.63) is 47.9 Å². The van der Waals surface area contributed by atoms with Gasteiger partial charge >= 0.3 is 0 Å². The quantitative estimate of drug-likeness (QED) is 0.685.